The van der Waals surface area contributed by atoms with Gasteiger partial charge in [-0.3, -0.25) is 19.4 Å². The molecule has 2 unspecified atom stereocenters. The van der Waals surface area contributed by atoms with Crippen LogP contribution in [0.4, 0.5) is 10.1 Å². The highest BCUT2D eigenvalue weighted by atomic mass is 19.1. The number of anilines is 1. The SMILES string of the molecule is CC.CC1CN(CNC(=O)C2(F)CC2)C(=O)C2=CC(c3ccc(C#N)cc3NC(=O)C3CC3)NN21. The van der Waals surface area contributed by atoms with Crippen LogP contribution >= 0.6 is 0 Å². The number of nitrogens with zero attached hydrogens (tertiary/aromatic N) is 3. The minimum absolute atomic E-state index is 0.00859. The van der Waals surface area contributed by atoms with Crippen molar-refractivity contribution in [2.75, 3.05) is 18.5 Å². The molecular weight excluding hydrogens is 451 g/mol. The molecule has 0 spiro atoms. The molecule has 3 amide bonds. The summed E-state index contributed by atoms with van der Waals surface area (Å²) in [5, 5.41) is 16.5. The molecule has 3 N–H and O–H groups in total. The Morgan fingerprint density at radius 2 is 2.00 bits per heavy atom. The van der Waals surface area contributed by atoms with E-state index in [1.807, 2.05) is 20.8 Å². The van der Waals surface area contributed by atoms with Crippen LogP contribution in [0.1, 0.15) is 63.6 Å². The van der Waals surface area contributed by atoms with Crippen molar-refractivity contribution in [2.45, 2.75) is 64.2 Å². The Balaban J connectivity index is 0.00000141. The third-order valence-corrected chi connectivity index (χ3v) is 6.54. The summed E-state index contributed by atoms with van der Waals surface area (Å²) >= 11 is 0. The van der Waals surface area contributed by atoms with Gasteiger partial charge in [0.05, 0.1) is 30.4 Å². The number of carbonyl (C=O) groups is 3. The number of carbonyl (C=O) groups excluding carboxylic acids is 3. The highest BCUT2D eigenvalue weighted by Crippen LogP contribution is 2.40. The Hall–Kier alpha value is -3.45. The first-order valence-corrected chi connectivity index (χ1v) is 12.2. The van der Waals surface area contributed by atoms with Crippen LogP contribution in [0.2, 0.25) is 0 Å². The predicted octanol–water partition coefficient (Wildman–Crippen LogP) is 2.48. The summed E-state index contributed by atoms with van der Waals surface area (Å²) in [6, 6.07) is 6.71. The molecule has 2 heterocycles. The first kappa shape index (κ1) is 24.7. The topological polar surface area (TPSA) is 118 Å². The van der Waals surface area contributed by atoms with Gasteiger partial charge in [0.2, 0.25) is 5.91 Å². The van der Waals surface area contributed by atoms with Crippen LogP contribution in [-0.4, -0.2) is 52.6 Å². The maximum absolute atomic E-state index is 13.9. The van der Waals surface area contributed by atoms with Crippen molar-refractivity contribution >= 4 is 23.4 Å². The lowest BCUT2D eigenvalue weighted by molar-refractivity contribution is -0.136. The van der Waals surface area contributed by atoms with Crippen LogP contribution in [0.25, 0.3) is 0 Å². The Labute approximate surface area is 204 Å². The van der Waals surface area contributed by atoms with Crippen molar-refractivity contribution in [3.63, 3.8) is 0 Å². The molecule has 2 aliphatic carbocycles. The largest absolute Gasteiger partial charge is 0.336 e. The van der Waals surface area contributed by atoms with E-state index in [1.54, 1.807) is 29.3 Å². The van der Waals surface area contributed by atoms with Crippen molar-refractivity contribution < 1.29 is 18.8 Å². The molecule has 35 heavy (non-hydrogen) atoms. The molecule has 10 heteroatoms. The highest BCUT2D eigenvalue weighted by Gasteiger charge is 2.51. The molecule has 4 aliphatic rings. The average Bonchev–Trinajstić information content (AvgIpc) is 3.80. The number of hydrogen-bond acceptors (Lipinski definition) is 6. The number of hydrazine groups is 1. The van der Waals surface area contributed by atoms with E-state index in [0.29, 0.717) is 23.5 Å². The molecule has 2 saturated carbocycles. The molecule has 0 radical (unpaired) electrons. The second kappa shape index (κ2) is 9.66. The lowest BCUT2D eigenvalue weighted by Gasteiger charge is -2.40. The minimum Gasteiger partial charge on any atom is -0.336 e. The minimum atomic E-state index is -1.79. The third kappa shape index (κ3) is 5.00. The van der Waals surface area contributed by atoms with Crippen molar-refractivity contribution in [1.82, 2.24) is 20.7 Å². The molecule has 1 aromatic rings. The van der Waals surface area contributed by atoms with Crippen LogP contribution in [0, 0.1) is 17.2 Å². The number of hydrogen-bond donors (Lipinski definition) is 3. The van der Waals surface area contributed by atoms with E-state index in [-0.39, 0.29) is 49.3 Å². The lowest BCUT2D eigenvalue weighted by atomic mass is 10.0. The lowest BCUT2D eigenvalue weighted by Crippen LogP contribution is -2.58. The van der Waals surface area contributed by atoms with Gasteiger partial charge in [0.1, 0.15) is 5.70 Å². The summed E-state index contributed by atoms with van der Waals surface area (Å²) in [4.78, 5) is 38.9. The number of alkyl halides is 1. The van der Waals surface area contributed by atoms with Crippen molar-refractivity contribution in [2.24, 2.45) is 5.92 Å². The van der Waals surface area contributed by atoms with E-state index >= 15 is 0 Å². The van der Waals surface area contributed by atoms with Crippen molar-refractivity contribution in [3.05, 3.63) is 41.1 Å². The number of fused-ring (bicyclic) bond motifs is 1. The Morgan fingerprint density at radius 1 is 1.29 bits per heavy atom. The normalized spacial score (nSPS) is 23.9. The van der Waals surface area contributed by atoms with E-state index < -0.39 is 11.6 Å². The summed E-state index contributed by atoms with van der Waals surface area (Å²) in [5.41, 5.74) is 3.68. The molecule has 9 nitrogen and oxygen atoms in total. The van der Waals surface area contributed by atoms with Crippen molar-refractivity contribution in [3.8, 4) is 6.07 Å². The van der Waals surface area contributed by atoms with Gasteiger partial charge in [0.15, 0.2) is 5.67 Å². The molecule has 2 aliphatic heterocycles. The zero-order valence-electron chi connectivity index (χ0n) is 20.2. The van der Waals surface area contributed by atoms with E-state index in [2.05, 4.69) is 22.1 Å². The van der Waals surface area contributed by atoms with Gasteiger partial charge in [0, 0.05) is 18.2 Å². The quantitative estimate of drug-likeness (QED) is 0.574. The first-order chi connectivity index (χ1) is 16.8. The van der Waals surface area contributed by atoms with Crippen LogP contribution in [0.3, 0.4) is 0 Å². The molecule has 1 saturated heterocycles. The van der Waals surface area contributed by atoms with Crippen LogP contribution in [-0.2, 0) is 14.4 Å². The van der Waals surface area contributed by atoms with Gasteiger partial charge in [-0.1, -0.05) is 19.9 Å². The number of halogens is 1. The Morgan fingerprint density at radius 3 is 2.63 bits per heavy atom. The van der Waals surface area contributed by atoms with E-state index in [4.69, 9.17) is 0 Å². The van der Waals surface area contributed by atoms with Gasteiger partial charge in [-0.05, 0) is 56.4 Å². The number of piperazine rings is 1. The van der Waals surface area contributed by atoms with Crippen LogP contribution in [0.5, 0.6) is 0 Å². The Bertz CT molecular complexity index is 1100. The van der Waals surface area contributed by atoms with Crippen LogP contribution < -0.4 is 16.1 Å². The molecule has 1 aromatic carbocycles. The summed E-state index contributed by atoms with van der Waals surface area (Å²) in [6.45, 7) is 6.24. The molecule has 3 fully saturated rings. The number of nitrogens with one attached hydrogen (secondary N) is 3. The summed E-state index contributed by atoms with van der Waals surface area (Å²) in [6.07, 6.45) is 3.94. The number of benzene rings is 1. The number of rotatable bonds is 6. The van der Waals surface area contributed by atoms with E-state index in [0.717, 1.165) is 18.4 Å². The fourth-order valence-corrected chi connectivity index (χ4v) is 4.22. The molecule has 186 valence electrons. The molecule has 0 aromatic heterocycles. The fourth-order valence-electron chi connectivity index (χ4n) is 4.22. The second-order valence-electron chi connectivity index (χ2n) is 9.21. The summed E-state index contributed by atoms with van der Waals surface area (Å²) < 4.78 is 13.9. The summed E-state index contributed by atoms with van der Waals surface area (Å²) in [7, 11) is 0. The molecular formula is C25H31FN6O3. The monoisotopic (exact) mass is 482 g/mol. The van der Waals surface area contributed by atoms with E-state index in [1.165, 1.54) is 4.90 Å². The molecule has 2 atom stereocenters. The second-order valence-corrected chi connectivity index (χ2v) is 9.21. The smallest absolute Gasteiger partial charge is 0.272 e. The maximum atomic E-state index is 13.9. The molecule has 5 rings (SSSR count). The maximum Gasteiger partial charge on any atom is 0.272 e. The van der Waals surface area contributed by atoms with E-state index in [9.17, 15) is 24.0 Å². The van der Waals surface area contributed by atoms with Gasteiger partial charge in [-0.25, -0.2) is 9.82 Å². The zero-order chi connectivity index (χ0) is 25.3. The van der Waals surface area contributed by atoms with Gasteiger partial charge >= 0.3 is 0 Å². The first-order valence-electron chi connectivity index (χ1n) is 12.2. The standard InChI is InChI=1S/C23H25FN6O3.C2H6/c1-13-11-29(12-26-22(33)23(24)6-7-23)21(32)19-9-18(28-30(13)19)16-5-2-14(10-25)8-17(16)27-20(31)15-3-4-15;1-2/h2,5,8-9,13,15,18,28H,3-4,6-7,11-12H2,1H3,(H,26,33)(H,27,31);1-2H3. The zero-order valence-corrected chi connectivity index (χ0v) is 20.2. The predicted molar refractivity (Wildman–Crippen MR) is 127 cm³/mol. The van der Waals surface area contributed by atoms with Gasteiger partial charge in [0.25, 0.3) is 11.8 Å². The number of nitriles is 1. The highest BCUT2D eigenvalue weighted by molar-refractivity contribution is 5.96. The van der Waals surface area contributed by atoms with Gasteiger partial charge < -0.3 is 15.5 Å². The van der Waals surface area contributed by atoms with Crippen LogP contribution in [0.15, 0.2) is 30.0 Å². The van der Waals surface area contributed by atoms with Gasteiger partial charge in [-0.2, -0.15) is 5.26 Å². The Kier molecular flexibility index (Phi) is 6.81. The molecule has 0 bridgehead atoms. The number of amides is 3. The average molecular weight is 483 g/mol. The summed E-state index contributed by atoms with van der Waals surface area (Å²) in [5.74, 6) is -1.00. The third-order valence-electron chi connectivity index (χ3n) is 6.54. The van der Waals surface area contributed by atoms with Crippen molar-refractivity contribution in [1.29, 1.82) is 5.26 Å². The van der Waals surface area contributed by atoms with Gasteiger partial charge in [-0.15, -0.1) is 0 Å². The fraction of sp³-hybridized carbons (Fsp3) is 0.520.